The quantitative estimate of drug-likeness (QED) is 0.616. The smallest absolute Gasteiger partial charge is 0.373 e. The molecule has 2 rings (SSSR count). The van der Waals surface area contributed by atoms with Crippen LogP contribution in [0.2, 0.25) is 0 Å². The third-order valence-electron chi connectivity index (χ3n) is 3.09. The van der Waals surface area contributed by atoms with E-state index in [-0.39, 0.29) is 11.7 Å². The lowest BCUT2D eigenvalue weighted by atomic mass is 10.1. The van der Waals surface area contributed by atoms with Gasteiger partial charge in [0, 0.05) is 18.8 Å². The Balaban J connectivity index is 2.14. The van der Waals surface area contributed by atoms with E-state index in [9.17, 15) is 4.79 Å². The third-order valence-corrected chi connectivity index (χ3v) is 3.09. The number of hydrogen-bond donors (Lipinski definition) is 0. The Morgan fingerprint density at radius 3 is 2.32 bits per heavy atom. The molecule has 0 unspecified atom stereocenters. The Morgan fingerprint density at radius 1 is 1.11 bits per heavy atom. The molecule has 4 nitrogen and oxygen atoms in total. The Labute approximate surface area is 113 Å². The summed E-state index contributed by atoms with van der Waals surface area (Å²) < 4.78 is 10.2. The molecule has 1 saturated heterocycles. The highest BCUT2D eigenvalue weighted by Gasteiger charge is 2.17. The van der Waals surface area contributed by atoms with Gasteiger partial charge >= 0.3 is 5.97 Å². The van der Waals surface area contributed by atoms with Gasteiger partial charge in [-0.2, -0.15) is 0 Å². The molecule has 0 spiro atoms. The lowest BCUT2D eigenvalue weighted by Gasteiger charge is -2.21. The van der Waals surface area contributed by atoms with Crippen LogP contribution in [0.4, 0.5) is 5.69 Å². The molecular formula is C15H19NO3. The number of esters is 1. The molecule has 0 amide bonds. The first-order chi connectivity index (χ1) is 9.24. The van der Waals surface area contributed by atoms with E-state index in [0.29, 0.717) is 13.2 Å². The summed E-state index contributed by atoms with van der Waals surface area (Å²) in [5.41, 5.74) is 2.11. The summed E-state index contributed by atoms with van der Waals surface area (Å²) in [6.07, 6.45) is 1.72. The van der Waals surface area contributed by atoms with Crippen LogP contribution in [0.1, 0.15) is 19.4 Å². The zero-order chi connectivity index (χ0) is 13.7. The van der Waals surface area contributed by atoms with Crippen molar-refractivity contribution in [3.05, 3.63) is 35.6 Å². The van der Waals surface area contributed by atoms with Crippen LogP contribution in [0.5, 0.6) is 0 Å². The maximum Gasteiger partial charge on any atom is 0.373 e. The molecule has 102 valence electrons. The Morgan fingerprint density at radius 2 is 1.74 bits per heavy atom. The van der Waals surface area contributed by atoms with Crippen molar-refractivity contribution in [2.75, 3.05) is 31.2 Å². The molecule has 19 heavy (non-hydrogen) atoms. The highest BCUT2D eigenvalue weighted by Crippen LogP contribution is 2.18. The van der Waals surface area contributed by atoms with Crippen LogP contribution >= 0.6 is 0 Å². The van der Waals surface area contributed by atoms with Crippen LogP contribution in [-0.2, 0) is 14.3 Å². The topological polar surface area (TPSA) is 38.8 Å². The van der Waals surface area contributed by atoms with Gasteiger partial charge in [0.15, 0.2) is 0 Å². The molecule has 0 saturated carbocycles. The van der Waals surface area contributed by atoms with Crippen molar-refractivity contribution in [3.63, 3.8) is 0 Å². The van der Waals surface area contributed by atoms with Gasteiger partial charge in [0.25, 0.3) is 0 Å². The van der Waals surface area contributed by atoms with Gasteiger partial charge in [0.1, 0.15) is 13.2 Å². The van der Waals surface area contributed by atoms with E-state index < -0.39 is 0 Å². The highest BCUT2D eigenvalue weighted by atomic mass is 16.6. The summed E-state index contributed by atoms with van der Waals surface area (Å²) in [5.74, 6) is -0.110. The molecule has 0 aromatic heterocycles. The fraction of sp³-hybridized carbons (Fsp3) is 0.400. The van der Waals surface area contributed by atoms with E-state index in [1.54, 1.807) is 6.08 Å². The zero-order valence-electron chi connectivity index (χ0n) is 11.4. The number of cyclic esters (lactones) is 1. The average molecular weight is 261 g/mol. The summed E-state index contributed by atoms with van der Waals surface area (Å²) in [7, 11) is 0. The van der Waals surface area contributed by atoms with E-state index >= 15 is 0 Å². The molecule has 1 aliphatic heterocycles. The lowest BCUT2D eigenvalue weighted by Crippen LogP contribution is -2.21. The van der Waals surface area contributed by atoms with Crippen LogP contribution in [-0.4, -0.2) is 32.3 Å². The van der Waals surface area contributed by atoms with Crippen LogP contribution in [0.15, 0.2) is 30.0 Å². The van der Waals surface area contributed by atoms with Gasteiger partial charge in [-0.1, -0.05) is 12.1 Å². The van der Waals surface area contributed by atoms with Crippen molar-refractivity contribution in [3.8, 4) is 0 Å². The highest BCUT2D eigenvalue weighted by molar-refractivity contribution is 5.91. The maximum absolute atomic E-state index is 11.4. The van der Waals surface area contributed by atoms with Crippen molar-refractivity contribution >= 4 is 17.7 Å². The number of ether oxygens (including phenoxy) is 2. The normalized spacial score (nSPS) is 16.9. The number of hydrogen-bond acceptors (Lipinski definition) is 4. The van der Waals surface area contributed by atoms with E-state index in [4.69, 9.17) is 9.47 Å². The number of carbonyl (C=O) groups is 1. The second-order valence-corrected chi connectivity index (χ2v) is 4.26. The van der Waals surface area contributed by atoms with Crippen LogP contribution in [0, 0.1) is 0 Å². The van der Waals surface area contributed by atoms with Gasteiger partial charge in [0.2, 0.25) is 5.76 Å². The molecule has 0 atom stereocenters. The molecule has 0 N–H and O–H groups in total. The average Bonchev–Trinajstić information content (AvgIpc) is 2.44. The molecule has 0 aliphatic carbocycles. The molecule has 0 bridgehead atoms. The first-order valence-electron chi connectivity index (χ1n) is 6.61. The van der Waals surface area contributed by atoms with Crippen molar-refractivity contribution in [2.45, 2.75) is 13.8 Å². The van der Waals surface area contributed by atoms with Gasteiger partial charge in [0.05, 0.1) is 0 Å². The molecule has 1 fully saturated rings. The number of anilines is 1. The monoisotopic (exact) mass is 261 g/mol. The molecule has 1 aliphatic rings. The predicted octanol–water partition coefficient (Wildman–Crippen LogP) is 2.45. The zero-order valence-corrected chi connectivity index (χ0v) is 11.4. The van der Waals surface area contributed by atoms with Crippen LogP contribution in [0.3, 0.4) is 0 Å². The first-order valence-corrected chi connectivity index (χ1v) is 6.61. The van der Waals surface area contributed by atoms with Crippen LogP contribution in [0.25, 0.3) is 6.08 Å². The molecule has 1 heterocycles. The van der Waals surface area contributed by atoms with Crippen molar-refractivity contribution < 1.29 is 14.3 Å². The summed E-state index contributed by atoms with van der Waals surface area (Å²) in [4.78, 5) is 13.7. The Kier molecular flexibility index (Phi) is 4.44. The minimum atomic E-state index is -0.390. The number of rotatable bonds is 4. The van der Waals surface area contributed by atoms with Crippen molar-refractivity contribution in [2.24, 2.45) is 0 Å². The summed E-state index contributed by atoms with van der Waals surface area (Å²) in [5, 5.41) is 0. The summed E-state index contributed by atoms with van der Waals surface area (Å²) >= 11 is 0. The predicted molar refractivity (Wildman–Crippen MR) is 74.9 cm³/mol. The van der Waals surface area contributed by atoms with Gasteiger partial charge < -0.3 is 14.4 Å². The second kappa shape index (κ2) is 6.27. The molecule has 1 aromatic rings. The number of nitrogens with zero attached hydrogens (tertiary/aromatic N) is 1. The summed E-state index contributed by atoms with van der Waals surface area (Å²) in [6.45, 7) is 6.97. The van der Waals surface area contributed by atoms with E-state index in [1.165, 1.54) is 5.69 Å². The second-order valence-electron chi connectivity index (χ2n) is 4.26. The molecular weight excluding hydrogens is 242 g/mol. The largest absolute Gasteiger partial charge is 0.483 e. The molecule has 4 heteroatoms. The van der Waals surface area contributed by atoms with Crippen molar-refractivity contribution in [1.82, 2.24) is 0 Å². The third kappa shape index (κ3) is 3.28. The van der Waals surface area contributed by atoms with Gasteiger partial charge in [-0.05, 0) is 37.6 Å². The first kappa shape index (κ1) is 13.5. The Hall–Kier alpha value is -1.97. The fourth-order valence-electron chi connectivity index (χ4n) is 2.04. The Bertz CT molecular complexity index is 461. The summed E-state index contributed by atoms with van der Waals surface area (Å²) in [6, 6.07) is 8.05. The van der Waals surface area contributed by atoms with Crippen molar-refractivity contribution in [1.29, 1.82) is 0 Å². The maximum atomic E-state index is 11.4. The van der Waals surface area contributed by atoms with Crippen LogP contribution < -0.4 is 4.90 Å². The standard InChI is InChI=1S/C15H19NO3/c1-3-16(4-2)13-7-5-12(6-8-13)11-14-15(17)19-10-9-18-14/h5-8,11H,3-4,9-10H2,1-2H3/b14-11+. The minimum absolute atomic E-state index is 0.279. The minimum Gasteiger partial charge on any atom is -0.483 e. The fourth-order valence-corrected chi connectivity index (χ4v) is 2.04. The number of carbonyl (C=O) groups excluding carboxylic acids is 1. The van der Waals surface area contributed by atoms with E-state index in [0.717, 1.165) is 18.7 Å². The van der Waals surface area contributed by atoms with Gasteiger partial charge in [-0.25, -0.2) is 4.79 Å². The molecule has 0 radical (unpaired) electrons. The van der Waals surface area contributed by atoms with Gasteiger partial charge in [-0.15, -0.1) is 0 Å². The number of benzene rings is 1. The van der Waals surface area contributed by atoms with E-state index in [2.05, 4.69) is 18.7 Å². The van der Waals surface area contributed by atoms with Gasteiger partial charge in [-0.3, -0.25) is 0 Å². The SMILES string of the molecule is CCN(CC)c1ccc(/C=C2/OCCOC2=O)cc1. The molecule has 1 aromatic carbocycles. The lowest BCUT2D eigenvalue weighted by molar-refractivity contribution is -0.150. The van der Waals surface area contributed by atoms with E-state index in [1.807, 2.05) is 24.3 Å².